The lowest BCUT2D eigenvalue weighted by Crippen LogP contribution is -2.44. The van der Waals surface area contributed by atoms with Gasteiger partial charge in [-0.15, -0.1) is 24.0 Å². The standard InChI is InChI=1S/C20H35N5O2.HI/c1-15-16(2)27-19(23-15)13-24-8-5-17(6-9-24)11-22-20(21-3)25-10-7-18(12-25)14-26-4;/h17-18H,5-14H2,1-4H3,(H,21,22);1H. The van der Waals surface area contributed by atoms with Crippen molar-refractivity contribution in [3.05, 3.63) is 17.3 Å². The van der Waals surface area contributed by atoms with Crippen LogP contribution in [0.25, 0.3) is 0 Å². The van der Waals surface area contributed by atoms with Gasteiger partial charge in [-0.2, -0.15) is 0 Å². The van der Waals surface area contributed by atoms with Crippen LogP contribution in [0.3, 0.4) is 0 Å². The maximum absolute atomic E-state index is 5.73. The van der Waals surface area contributed by atoms with E-state index in [0.717, 1.165) is 69.2 Å². The first-order valence-electron chi connectivity index (χ1n) is 10.2. The smallest absolute Gasteiger partial charge is 0.208 e. The monoisotopic (exact) mass is 505 g/mol. The number of nitrogens with zero attached hydrogens (tertiary/aromatic N) is 4. The number of likely N-dealkylation sites (tertiary alicyclic amines) is 2. The third-order valence-corrected chi connectivity index (χ3v) is 5.89. The minimum atomic E-state index is 0. The molecule has 1 N–H and O–H groups in total. The Bertz CT molecular complexity index is 609. The van der Waals surface area contributed by atoms with E-state index in [9.17, 15) is 0 Å². The van der Waals surface area contributed by atoms with Crippen molar-refractivity contribution in [3.63, 3.8) is 0 Å². The Hall–Kier alpha value is -0.870. The summed E-state index contributed by atoms with van der Waals surface area (Å²) in [5.74, 6) is 4.15. The van der Waals surface area contributed by atoms with Gasteiger partial charge in [-0.05, 0) is 52.1 Å². The zero-order valence-electron chi connectivity index (χ0n) is 17.7. The zero-order valence-corrected chi connectivity index (χ0v) is 20.1. The number of halogens is 1. The predicted molar refractivity (Wildman–Crippen MR) is 122 cm³/mol. The van der Waals surface area contributed by atoms with E-state index in [2.05, 4.69) is 25.1 Å². The Kier molecular flexibility index (Phi) is 9.49. The Balaban J connectivity index is 0.00000280. The van der Waals surface area contributed by atoms with Gasteiger partial charge in [0.15, 0.2) is 5.96 Å². The number of nitrogens with one attached hydrogen (secondary N) is 1. The van der Waals surface area contributed by atoms with E-state index < -0.39 is 0 Å². The van der Waals surface area contributed by atoms with Gasteiger partial charge >= 0.3 is 0 Å². The lowest BCUT2D eigenvalue weighted by molar-refractivity contribution is 0.156. The SMILES string of the molecule is CN=C(NCC1CCN(Cc2nc(C)c(C)o2)CC1)N1CCC(COC)C1.I. The molecule has 0 amide bonds. The Morgan fingerprint density at radius 1 is 1.21 bits per heavy atom. The summed E-state index contributed by atoms with van der Waals surface area (Å²) in [6.45, 7) is 11.0. The summed E-state index contributed by atoms with van der Waals surface area (Å²) in [5, 5.41) is 3.60. The van der Waals surface area contributed by atoms with Gasteiger partial charge in [0, 0.05) is 39.7 Å². The summed E-state index contributed by atoms with van der Waals surface area (Å²) in [4.78, 5) is 13.8. The molecule has 1 unspecified atom stereocenters. The van der Waals surface area contributed by atoms with Crippen molar-refractivity contribution in [2.45, 2.75) is 39.7 Å². The van der Waals surface area contributed by atoms with Crippen LogP contribution in [0.4, 0.5) is 0 Å². The predicted octanol–water partition coefficient (Wildman–Crippen LogP) is 2.67. The second kappa shape index (κ2) is 11.3. The summed E-state index contributed by atoms with van der Waals surface area (Å²) in [7, 11) is 3.67. The number of hydrogen-bond acceptors (Lipinski definition) is 5. The highest BCUT2D eigenvalue weighted by molar-refractivity contribution is 14.0. The number of hydrogen-bond donors (Lipinski definition) is 1. The molecule has 0 spiro atoms. The first-order chi connectivity index (χ1) is 13.1. The molecule has 0 aliphatic carbocycles. The number of aromatic nitrogens is 1. The first-order valence-corrected chi connectivity index (χ1v) is 10.2. The van der Waals surface area contributed by atoms with Crippen molar-refractivity contribution in [2.75, 3.05) is 53.5 Å². The van der Waals surface area contributed by atoms with Crippen LogP contribution in [0.15, 0.2) is 9.41 Å². The summed E-state index contributed by atoms with van der Waals surface area (Å²) < 4.78 is 11.0. The topological polar surface area (TPSA) is 66.1 Å². The molecule has 2 aliphatic heterocycles. The van der Waals surface area contributed by atoms with Gasteiger partial charge in [0.25, 0.3) is 0 Å². The van der Waals surface area contributed by atoms with Crippen molar-refractivity contribution in [2.24, 2.45) is 16.8 Å². The number of methoxy groups -OCH3 is 1. The molecule has 1 aromatic heterocycles. The first kappa shape index (κ1) is 23.4. The van der Waals surface area contributed by atoms with E-state index in [1.807, 2.05) is 20.9 Å². The maximum Gasteiger partial charge on any atom is 0.208 e. The summed E-state index contributed by atoms with van der Waals surface area (Å²) >= 11 is 0. The van der Waals surface area contributed by atoms with Crippen LogP contribution in [0.1, 0.15) is 36.6 Å². The highest BCUT2D eigenvalue weighted by atomic mass is 127. The molecule has 3 heterocycles. The number of oxazole rings is 1. The molecule has 7 nitrogen and oxygen atoms in total. The molecule has 1 atom stereocenters. The van der Waals surface area contributed by atoms with Gasteiger partial charge in [-0.1, -0.05) is 0 Å². The number of rotatable bonds is 6. The van der Waals surface area contributed by atoms with E-state index in [0.29, 0.717) is 11.8 Å². The minimum Gasteiger partial charge on any atom is -0.444 e. The van der Waals surface area contributed by atoms with Crippen molar-refractivity contribution in [1.29, 1.82) is 0 Å². The van der Waals surface area contributed by atoms with Crippen molar-refractivity contribution in [3.8, 4) is 0 Å². The van der Waals surface area contributed by atoms with Crippen molar-refractivity contribution in [1.82, 2.24) is 20.1 Å². The fourth-order valence-electron chi connectivity index (χ4n) is 4.11. The van der Waals surface area contributed by atoms with E-state index in [1.165, 1.54) is 19.3 Å². The van der Waals surface area contributed by atoms with Crippen molar-refractivity contribution < 1.29 is 9.15 Å². The van der Waals surface area contributed by atoms with Crippen molar-refractivity contribution >= 4 is 29.9 Å². The van der Waals surface area contributed by atoms with Crippen LogP contribution in [-0.2, 0) is 11.3 Å². The van der Waals surface area contributed by atoms with Crippen LogP contribution in [0.5, 0.6) is 0 Å². The number of guanidine groups is 1. The fraction of sp³-hybridized carbons (Fsp3) is 0.800. The molecule has 0 bridgehead atoms. The Labute approximate surface area is 186 Å². The van der Waals surface area contributed by atoms with E-state index in [1.54, 1.807) is 7.11 Å². The summed E-state index contributed by atoms with van der Waals surface area (Å²) in [5.41, 5.74) is 1.00. The fourth-order valence-corrected chi connectivity index (χ4v) is 4.11. The number of aliphatic imine (C=N–C) groups is 1. The third-order valence-electron chi connectivity index (χ3n) is 5.89. The highest BCUT2D eigenvalue weighted by Crippen LogP contribution is 2.20. The maximum atomic E-state index is 5.73. The van der Waals surface area contributed by atoms with Crippen LogP contribution >= 0.6 is 24.0 Å². The molecule has 2 aliphatic rings. The Morgan fingerprint density at radius 3 is 2.54 bits per heavy atom. The molecular weight excluding hydrogens is 469 g/mol. The quantitative estimate of drug-likeness (QED) is 0.365. The van der Waals surface area contributed by atoms with E-state index in [4.69, 9.17) is 9.15 Å². The summed E-state index contributed by atoms with van der Waals surface area (Å²) in [6, 6.07) is 0. The minimum absolute atomic E-state index is 0. The van der Waals surface area contributed by atoms with Gasteiger partial charge < -0.3 is 19.4 Å². The number of piperidine rings is 1. The largest absolute Gasteiger partial charge is 0.444 e. The molecule has 0 saturated carbocycles. The van der Waals surface area contributed by atoms with E-state index >= 15 is 0 Å². The number of ether oxygens (including phenoxy) is 1. The van der Waals surface area contributed by atoms with Crippen LogP contribution in [0, 0.1) is 25.7 Å². The molecule has 8 heteroatoms. The number of aryl methyl sites for hydroxylation is 2. The second-order valence-corrected chi connectivity index (χ2v) is 7.95. The molecule has 2 saturated heterocycles. The average molecular weight is 505 g/mol. The molecule has 3 rings (SSSR count). The molecule has 28 heavy (non-hydrogen) atoms. The molecular formula is C20H36IN5O2. The zero-order chi connectivity index (χ0) is 19.2. The average Bonchev–Trinajstić information content (AvgIpc) is 3.24. The normalized spacial score (nSPS) is 21.8. The highest BCUT2D eigenvalue weighted by Gasteiger charge is 2.26. The van der Waals surface area contributed by atoms with Gasteiger partial charge in [0.05, 0.1) is 18.8 Å². The van der Waals surface area contributed by atoms with Gasteiger partial charge in [-0.3, -0.25) is 9.89 Å². The van der Waals surface area contributed by atoms with Gasteiger partial charge in [-0.25, -0.2) is 4.98 Å². The van der Waals surface area contributed by atoms with E-state index in [-0.39, 0.29) is 24.0 Å². The van der Waals surface area contributed by atoms with Crippen LogP contribution in [-0.4, -0.2) is 74.2 Å². The Morgan fingerprint density at radius 2 is 1.93 bits per heavy atom. The lowest BCUT2D eigenvalue weighted by Gasteiger charge is -2.32. The molecule has 0 radical (unpaired) electrons. The third kappa shape index (κ3) is 6.32. The molecule has 1 aromatic rings. The van der Waals surface area contributed by atoms with Gasteiger partial charge in [0.1, 0.15) is 5.76 Å². The molecule has 160 valence electrons. The van der Waals surface area contributed by atoms with Crippen LogP contribution in [0.2, 0.25) is 0 Å². The second-order valence-electron chi connectivity index (χ2n) is 7.95. The lowest BCUT2D eigenvalue weighted by atomic mass is 9.97. The molecule has 0 aromatic carbocycles. The summed E-state index contributed by atoms with van der Waals surface area (Å²) in [6.07, 6.45) is 3.59. The van der Waals surface area contributed by atoms with Crippen LogP contribution < -0.4 is 5.32 Å². The van der Waals surface area contributed by atoms with Gasteiger partial charge in [0.2, 0.25) is 5.89 Å². The molecule has 2 fully saturated rings.